The van der Waals surface area contributed by atoms with Gasteiger partial charge in [-0.15, -0.1) is 0 Å². The number of amides is 1. The van der Waals surface area contributed by atoms with Crippen molar-refractivity contribution in [2.24, 2.45) is 17.1 Å². The largest absolute Gasteiger partial charge is 0.385 e. The Morgan fingerprint density at radius 2 is 2.16 bits per heavy atom. The highest BCUT2D eigenvalue weighted by Gasteiger charge is 2.37. The number of nitrogens with two attached hydrogens (primary N) is 1. The summed E-state index contributed by atoms with van der Waals surface area (Å²) in [5.74, 6) is 0.586. The van der Waals surface area contributed by atoms with Gasteiger partial charge in [0.2, 0.25) is 5.91 Å². The zero-order valence-corrected chi connectivity index (χ0v) is 12.1. The minimum Gasteiger partial charge on any atom is -0.385 e. The Balaban J connectivity index is 1.70. The van der Waals surface area contributed by atoms with E-state index in [9.17, 15) is 4.79 Å². The van der Waals surface area contributed by atoms with Crippen molar-refractivity contribution in [1.82, 2.24) is 5.32 Å². The lowest BCUT2D eigenvalue weighted by molar-refractivity contribution is -0.123. The minimum absolute atomic E-state index is 0.186. The van der Waals surface area contributed by atoms with Crippen LogP contribution >= 0.6 is 0 Å². The van der Waals surface area contributed by atoms with Crippen LogP contribution in [0.25, 0.3) is 0 Å². The van der Waals surface area contributed by atoms with Crippen molar-refractivity contribution in [1.29, 1.82) is 0 Å². The van der Waals surface area contributed by atoms with Crippen molar-refractivity contribution in [3.63, 3.8) is 0 Å². The normalized spacial score (nSPS) is 28.9. The SMILES string of the molecule is COCCC1(CNC(=O)C[C@@H]2CCC[C@H]2N)CCC1. The molecule has 0 aromatic heterocycles. The Labute approximate surface area is 116 Å². The molecule has 19 heavy (non-hydrogen) atoms. The van der Waals surface area contributed by atoms with Gasteiger partial charge in [0.05, 0.1) is 0 Å². The van der Waals surface area contributed by atoms with Crippen LogP contribution in [0, 0.1) is 11.3 Å². The van der Waals surface area contributed by atoms with Gasteiger partial charge in [-0.05, 0) is 43.4 Å². The fourth-order valence-corrected chi connectivity index (χ4v) is 3.43. The molecule has 4 heteroatoms. The van der Waals surface area contributed by atoms with Gasteiger partial charge in [-0.1, -0.05) is 12.8 Å². The number of nitrogens with one attached hydrogen (secondary N) is 1. The van der Waals surface area contributed by atoms with Crippen molar-refractivity contribution in [3.05, 3.63) is 0 Å². The van der Waals surface area contributed by atoms with E-state index in [2.05, 4.69) is 5.32 Å². The van der Waals surface area contributed by atoms with Crippen molar-refractivity contribution in [3.8, 4) is 0 Å². The predicted molar refractivity (Wildman–Crippen MR) is 75.7 cm³/mol. The number of methoxy groups -OCH3 is 1. The van der Waals surface area contributed by atoms with Crippen LogP contribution in [0.3, 0.4) is 0 Å². The van der Waals surface area contributed by atoms with E-state index >= 15 is 0 Å². The van der Waals surface area contributed by atoms with Gasteiger partial charge in [-0.25, -0.2) is 0 Å². The molecule has 0 aromatic rings. The van der Waals surface area contributed by atoms with Crippen LogP contribution in [0.5, 0.6) is 0 Å². The zero-order chi connectivity index (χ0) is 13.7. The number of ether oxygens (including phenoxy) is 1. The summed E-state index contributed by atoms with van der Waals surface area (Å²) in [5, 5.41) is 3.13. The Bertz CT molecular complexity index is 303. The van der Waals surface area contributed by atoms with Gasteiger partial charge < -0.3 is 15.8 Å². The van der Waals surface area contributed by atoms with Gasteiger partial charge in [0.15, 0.2) is 0 Å². The van der Waals surface area contributed by atoms with Crippen molar-refractivity contribution < 1.29 is 9.53 Å². The number of carbonyl (C=O) groups excluding carboxylic acids is 1. The predicted octanol–water partition coefficient (Wildman–Crippen LogP) is 1.83. The van der Waals surface area contributed by atoms with Crippen LogP contribution in [-0.2, 0) is 9.53 Å². The molecule has 4 nitrogen and oxygen atoms in total. The van der Waals surface area contributed by atoms with Crippen LogP contribution < -0.4 is 11.1 Å². The maximum absolute atomic E-state index is 12.0. The molecule has 2 rings (SSSR count). The summed E-state index contributed by atoms with van der Waals surface area (Å²) in [7, 11) is 1.74. The lowest BCUT2D eigenvalue weighted by atomic mass is 9.66. The molecule has 0 aromatic carbocycles. The molecule has 110 valence electrons. The molecule has 2 saturated carbocycles. The van der Waals surface area contributed by atoms with E-state index in [0.717, 1.165) is 32.4 Å². The fourth-order valence-electron chi connectivity index (χ4n) is 3.43. The molecule has 2 aliphatic rings. The molecule has 0 radical (unpaired) electrons. The first-order valence-corrected chi connectivity index (χ1v) is 7.66. The van der Waals surface area contributed by atoms with E-state index in [1.54, 1.807) is 7.11 Å². The molecular weight excluding hydrogens is 240 g/mol. The highest BCUT2D eigenvalue weighted by atomic mass is 16.5. The van der Waals surface area contributed by atoms with E-state index < -0.39 is 0 Å². The van der Waals surface area contributed by atoms with Crippen LogP contribution in [0.4, 0.5) is 0 Å². The second-order valence-corrected chi connectivity index (χ2v) is 6.43. The van der Waals surface area contributed by atoms with Crippen LogP contribution in [-0.4, -0.2) is 32.2 Å². The Morgan fingerprint density at radius 3 is 2.68 bits per heavy atom. The van der Waals surface area contributed by atoms with Gasteiger partial charge in [-0.2, -0.15) is 0 Å². The van der Waals surface area contributed by atoms with Crippen LogP contribution in [0.15, 0.2) is 0 Å². The number of hydrogen-bond acceptors (Lipinski definition) is 3. The third kappa shape index (κ3) is 3.93. The standard InChI is InChI=1S/C15H28N2O2/c1-19-9-8-15(6-3-7-15)11-17-14(18)10-12-4-2-5-13(12)16/h12-13H,2-11,16H2,1H3,(H,17,18)/t12-,13+/m0/s1. The number of hydrogen-bond donors (Lipinski definition) is 2. The summed E-state index contributed by atoms with van der Waals surface area (Å²) in [6, 6.07) is 0.233. The smallest absolute Gasteiger partial charge is 0.220 e. The first-order valence-electron chi connectivity index (χ1n) is 7.66. The average molecular weight is 268 g/mol. The second-order valence-electron chi connectivity index (χ2n) is 6.43. The molecule has 0 spiro atoms. The second kappa shape index (κ2) is 6.71. The average Bonchev–Trinajstić information content (AvgIpc) is 2.73. The third-order valence-corrected chi connectivity index (χ3v) is 5.08. The number of carbonyl (C=O) groups is 1. The summed E-state index contributed by atoms with van der Waals surface area (Å²) in [6.45, 7) is 1.61. The molecule has 1 amide bonds. The zero-order valence-electron chi connectivity index (χ0n) is 12.1. The summed E-state index contributed by atoms with van der Waals surface area (Å²) < 4.78 is 5.17. The summed E-state index contributed by atoms with van der Waals surface area (Å²) in [6.07, 6.45) is 8.77. The van der Waals surface area contributed by atoms with E-state index in [1.807, 2.05) is 0 Å². The van der Waals surface area contributed by atoms with Gasteiger partial charge in [0.1, 0.15) is 0 Å². The Kier molecular flexibility index (Phi) is 5.22. The lowest BCUT2D eigenvalue weighted by Crippen LogP contribution is -2.43. The Hall–Kier alpha value is -0.610. The van der Waals surface area contributed by atoms with Crippen molar-refractivity contribution in [2.75, 3.05) is 20.3 Å². The Morgan fingerprint density at radius 1 is 1.37 bits per heavy atom. The molecule has 0 bridgehead atoms. The topological polar surface area (TPSA) is 64.3 Å². The molecular formula is C15H28N2O2. The van der Waals surface area contributed by atoms with E-state index in [-0.39, 0.29) is 11.9 Å². The monoisotopic (exact) mass is 268 g/mol. The highest BCUT2D eigenvalue weighted by molar-refractivity contribution is 5.76. The van der Waals surface area contributed by atoms with Gasteiger partial charge in [0.25, 0.3) is 0 Å². The van der Waals surface area contributed by atoms with E-state index in [1.165, 1.54) is 25.7 Å². The lowest BCUT2D eigenvalue weighted by Gasteiger charge is -2.42. The molecule has 0 saturated heterocycles. The first-order chi connectivity index (χ1) is 9.15. The summed E-state index contributed by atoms with van der Waals surface area (Å²) >= 11 is 0. The minimum atomic E-state index is 0.186. The van der Waals surface area contributed by atoms with Crippen LogP contribution in [0.1, 0.15) is 51.4 Å². The quantitative estimate of drug-likeness (QED) is 0.740. The fraction of sp³-hybridized carbons (Fsp3) is 0.933. The van der Waals surface area contributed by atoms with Crippen molar-refractivity contribution >= 4 is 5.91 Å². The molecule has 0 aliphatic heterocycles. The molecule has 2 fully saturated rings. The number of rotatable bonds is 7. The molecule has 0 heterocycles. The maximum Gasteiger partial charge on any atom is 0.220 e. The van der Waals surface area contributed by atoms with Crippen LogP contribution in [0.2, 0.25) is 0 Å². The van der Waals surface area contributed by atoms with E-state index in [4.69, 9.17) is 10.5 Å². The summed E-state index contributed by atoms with van der Waals surface area (Å²) in [4.78, 5) is 12.0. The highest BCUT2D eigenvalue weighted by Crippen LogP contribution is 2.43. The molecule has 2 atom stereocenters. The maximum atomic E-state index is 12.0. The van der Waals surface area contributed by atoms with Gasteiger partial charge >= 0.3 is 0 Å². The van der Waals surface area contributed by atoms with Gasteiger partial charge in [0, 0.05) is 32.7 Å². The van der Waals surface area contributed by atoms with Gasteiger partial charge in [-0.3, -0.25) is 4.79 Å². The first kappa shape index (κ1) is 14.8. The molecule has 2 aliphatic carbocycles. The summed E-state index contributed by atoms with van der Waals surface area (Å²) in [5.41, 5.74) is 6.32. The molecule has 3 N–H and O–H groups in total. The van der Waals surface area contributed by atoms with Crippen molar-refractivity contribution in [2.45, 2.75) is 57.4 Å². The van der Waals surface area contributed by atoms with E-state index in [0.29, 0.717) is 17.8 Å². The molecule has 0 unspecified atom stereocenters. The third-order valence-electron chi connectivity index (χ3n) is 5.08.